The number of hydrogen-bond acceptors (Lipinski definition) is 3. The van der Waals surface area contributed by atoms with Gasteiger partial charge in [0.25, 0.3) is 0 Å². The predicted octanol–water partition coefficient (Wildman–Crippen LogP) is 3.19. The lowest BCUT2D eigenvalue weighted by Gasteiger charge is -2.35. The SMILES string of the molecule is CN=C(NCCCSC)NC1CCCN(c2ccccc2)C1.I. The molecule has 1 saturated heterocycles. The van der Waals surface area contributed by atoms with Gasteiger partial charge < -0.3 is 15.5 Å². The van der Waals surface area contributed by atoms with Gasteiger partial charge in [-0.3, -0.25) is 4.99 Å². The smallest absolute Gasteiger partial charge is 0.191 e. The molecule has 6 heteroatoms. The van der Waals surface area contributed by atoms with Crippen molar-refractivity contribution in [1.82, 2.24) is 10.6 Å². The summed E-state index contributed by atoms with van der Waals surface area (Å²) in [6.45, 7) is 3.16. The first-order chi connectivity index (χ1) is 10.8. The third kappa shape index (κ3) is 7.20. The molecule has 0 aliphatic carbocycles. The molecule has 130 valence electrons. The highest BCUT2D eigenvalue weighted by Gasteiger charge is 2.20. The molecule has 0 aromatic heterocycles. The zero-order valence-electron chi connectivity index (χ0n) is 14.1. The van der Waals surface area contributed by atoms with E-state index in [2.05, 4.69) is 57.1 Å². The average Bonchev–Trinajstić information content (AvgIpc) is 2.58. The van der Waals surface area contributed by atoms with Crippen molar-refractivity contribution in [2.45, 2.75) is 25.3 Å². The van der Waals surface area contributed by atoms with Crippen LogP contribution in [0.1, 0.15) is 19.3 Å². The molecule has 1 aliphatic heterocycles. The van der Waals surface area contributed by atoms with Crippen molar-refractivity contribution in [1.29, 1.82) is 0 Å². The minimum absolute atomic E-state index is 0. The van der Waals surface area contributed by atoms with Crippen molar-refractivity contribution in [3.8, 4) is 0 Å². The van der Waals surface area contributed by atoms with Crippen LogP contribution in [0.4, 0.5) is 5.69 Å². The molecule has 1 aromatic carbocycles. The maximum Gasteiger partial charge on any atom is 0.191 e. The molecule has 0 spiro atoms. The fraction of sp³-hybridized carbons (Fsp3) is 0.588. The van der Waals surface area contributed by atoms with E-state index in [0.29, 0.717) is 6.04 Å². The van der Waals surface area contributed by atoms with Crippen LogP contribution in [0.15, 0.2) is 35.3 Å². The number of thioether (sulfide) groups is 1. The third-order valence-electron chi connectivity index (χ3n) is 3.92. The molecule has 1 atom stereocenters. The summed E-state index contributed by atoms with van der Waals surface area (Å²) in [6, 6.07) is 11.1. The van der Waals surface area contributed by atoms with Crippen LogP contribution in [0, 0.1) is 0 Å². The first-order valence-electron chi connectivity index (χ1n) is 8.09. The third-order valence-corrected chi connectivity index (χ3v) is 4.62. The molecule has 2 N–H and O–H groups in total. The van der Waals surface area contributed by atoms with Crippen molar-refractivity contribution in [3.63, 3.8) is 0 Å². The minimum Gasteiger partial charge on any atom is -0.369 e. The molecule has 1 unspecified atom stereocenters. The summed E-state index contributed by atoms with van der Waals surface area (Å²) < 4.78 is 0. The van der Waals surface area contributed by atoms with E-state index in [1.54, 1.807) is 0 Å². The Balaban J connectivity index is 0.00000264. The van der Waals surface area contributed by atoms with E-state index < -0.39 is 0 Å². The van der Waals surface area contributed by atoms with Crippen LogP contribution in [0.5, 0.6) is 0 Å². The van der Waals surface area contributed by atoms with Gasteiger partial charge in [0.2, 0.25) is 0 Å². The monoisotopic (exact) mass is 448 g/mol. The van der Waals surface area contributed by atoms with Gasteiger partial charge in [-0.15, -0.1) is 24.0 Å². The zero-order chi connectivity index (χ0) is 15.6. The summed E-state index contributed by atoms with van der Waals surface area (Å²) in [5, 5.41) is 6.99. The molecule has 1 aromatic rings. The molecular weight excluding hydrogens is 419 g/mol. The molecule has 2 rings (SSSR count). The second-order valence-corrected chi connectivity index (χ2v) is 6.60. The second kappa shape index (κ2) is 11.8. The second-order valence-electron chi connectivity index (χ2n) is 5.61. The number of anilines is 1. The van der Waals surface area contributed by atoms with Gasteiger partial charge in [-0.1, -0.05) is 18.2 Å². The van der Waals surface area contributed by atoms with Crippen LogP contribution in [0.2, 0.25) is 0 Å². The van der Waals surface area contributed by atoms with Crippen molar-refractivity contribution in [2.24, 2.45) is 4.99 Å². The van der Waals surface area contributed by atoms with E-state index in [-0.39, 0.29) is 24.0 Å². The Morgan fingerprint density at radius 1 is 1.35 bits per heavy atom. The highest BCUT2D eigenvalue weighted by atomic mass is 127. The summed E-state index contributed by atoms with van der Waals surface area (Å²) in [5.41, 5.74) is 1.32. The number of aliphatic imine (C=N–C) groups is 1. The number of nitrogens with one attached hydrogen (secondary N) is 2. The van der Waals surface area contributed by atoms with E-state index in [4.69, 9.17) is 0 Å². The van der Waals surface area contributed by atoms with Gasteiger partial charge in [-0.25, -0.2) is 0 Å². The predicted molar refractivity (Wildman–Crippen MR) is 115 cm³/mol. The molecule has 23 heavy (non-hydrogen) atoms. The highest BCUT2D eigenvalue weighted by molar-refractivity contribution is 14.0. The molecule has 1 aliphatic rings. The van der Waals surface area contributed by atoms with Crippen LogP contribution in [0.25, 0.3) is 0 Å². The van der Waals surface area contributed by atoms with Crippen LogP contribution in [-0.4, -0.2) is 50.7 Å². The minimum atomic E-state index is 0. The van der Waals surface area contributed by atoms with Crippen LogP contribution >= 0.6 is 35.7 Å². The Morgan fingerprint density at radius 2 is 2.13 bits per heavy atom. The Bertz CT molecular complexity index is 455. The number of piperidine rings is 1. The lowest BCUT2D eigenvalue weighted by Crippen LogP contribution is -2.51. The molecule has 1 heterocycles. The van der Waals surface area contributed by atoms with Crippen LogP contribution < -0.4 is 15.5 Å². The largest absolute Gasteiger partial charge is 0.369 e. The number of nitrogens with zero attached hydrogens (tertiary/aromatic N) is 2. The number of guanidine groups is 1. The quantitative estimate of drug-likeness (QED) is 0.304. The standard InChI is InChI=1S/C17H28N4S.HI/c1-18-17(19-11-7-13-22-2)20-15-8-6-12-21(14-15)16-9-4-3-5-10-16;/h3-5,9-10,15H,6-8,11-14H2,1-2H3,(H2,18,19,20);1H. The van der Waals surface area contributed by atoms with Crippen LogP contribution in [-0.2, 0) is 0 Å². The van der Waals surface area contributed by atoms with Gasteiger partial charge in [0.05, 0.1) is 0 Å². The van der Waals surface area contributed by atoms with Crippen molar-refractivity contribution < 1.29 is 0 Å². The normalized spacial score (nSPS) is 18.3. The number of hydrogen-bond donors (Lipinski definition) is 2. The number of para-hydroxylation sites is 1. The van der Waals surface area contributed by atoms with E-state index in [0.717, 1.165) is 25.6 Å². The molecule has 0 saturated carbocycles. The lowest BCUT2D eigenvalue weighted by atomic mass is 10.1. The van der Waals surface area contributed by atoms with Crippen molar-refractivity contribution >= 4 is 47.4 Å². The number of rotatable bonds is 6. The van der Waals surface area contributed by atoms with Gasteiger partial charge in [0.1, 0.15) is 0 Å². The summed E-state index contributed by atoms with van der Waals surface area (Å²) >= 11 is 1.89. The summed E-state index contributed by atoms with van der Waals surface area (Å²) in [4.78, 5) is 6.81. The summed E-state index contributed by atoms with van der Waals surface area (Å²) in [7, 11) is 1.85. The van der Waals surface area contributed by atoms with E-state index in [1.165, 1.54) is 30.7 Å². The van der Waals surface area contributed by atoms with Gasteiger partial charge in [-0.05, 0) is 43.4 Å². The fourth-order valence-electron chi connectivity index (χ4n) is 2.78. The van der Waals surface area contributed by atoms with Gasteiger partial charge in [-0.2, -0.15) is 11.8 Å². The molecule has 1 fully saturated rings. The van der Waals surface area contributed by atoms with Gasteiger partial charge in [0, 0.05) is 38.4 Å². The average molecular weight is 448 g/mol. The molecule has 0 bridgehead atoms. The lowest BCUT2D eigenvalue weighted by molar-refractivity contribution is 0.468. The van der Waals surface area contributed by atoms with Crippen LogP contribution in [0.3, 0.4) is 0 Å². The van der Waals surface area contributed by atoms with Gasteiger partial charge in [0.15, 0.2) is 5.96 Å². The Morgan fingerprint density at radius 3 is 2.83 bits per heavy atom. The number of halogens is 1. The first kappa shape index (κ1) is 20.4. The summed E-state index contributed by atoms with van der Waals surface area (Å²) in [6.07, 6.45) is 5.74. The van der Waals surface area contributed by atoms with Crippen molar-refractivity contribution in [2.75, 3.05) is 43.6 Å². The Hall–Kier alpha value is -0.630. The topological polar surface area (TPSA) is 39.7 Å². The summed E-state index contributed by atoms with van der Waals surface area (Å²) in [5.74, 6) is 2.12. The molecular formula is C17H29IN4S. The van der Waals surface area contributed by atoms with E-state index >= 15 is 0 Å². The zero-order valence-corrected chi connectivity index (χ0v) is 17.3. The van der Waals surface area contributed by atoms with Gasteiger partial charge >= 0.3 is 0 Å². The Kier molecular flexibility index (Phi) is 10.5. The Labute approximate surface area is 161 Å². The molecule has 0 radical (unpaired) electrons. The van der Waals surface area contributed by atoms with Crippen molar-refractivity contribution in [3.05, 3.63) is 30.3 Å². The number of benzene rings is 1. The van der Waals surface area contributed by atoms with E-state index in [9.17, 15) is 0 Å². The fourth-order valence-corrected chi connectivity index (χ4v) is 3.21. The van der Waals surface area contributed by atoms with E-state index in [1.807, 2.05) is 18.8 Å². The highest BCUT2D eigenvalue weighted by Crippen LogP contribution is 2.19. The maximum absolute atomic E-state index is 4.35. The maximum atomic E-state index is 4.35. The molecule has 0 amide bonds. The molecule has 4 nitrogen and oxygen atoms in total. The first-order valence-corrected chi connectivity index (χ1v) is 9.49.